The highest BCUT2D eigenvalue weighted by molar-refractivity contribution is 9.10. The Morgan fingerprint density at radius 1 is 1.29 bits per heavy atom. The van der Waals surface area contributed by atoms with Crippen molar-refractivity contribution in [2.75, 3.05) is 18.4 Å². The summed E-state index contributed by atoms with van der Waals surface area (Å²) in [5.41, 5.74) is 2.34. The maximum absolute atomic E-state index is 11.9. The molecule has 0 fully saturated rings. The summed E-state index contributed by atoms with van der Waals surface area (Å²) in [6.45, 7) is 4.90. The van der Waals surface area contributed by atoms with Crippen molar-refractivity contribution in [2.24, 2.45) is 0 Å². The van der Waals surface area contributed by atoms with Gasteiger partial charge in [0.15, 0.2) is 0 Å². The van der Waals surface area contributed by atoms with E-state index in [4.69, 9.17) is 0 Å². The molecule has 0 aliphatic carbocycles. The molecule has 0 saturated heterocycles. The number of halogens is 1. The molecule has 0 unspecified atom stereocenters. The molecule has 1 amide bonds. The molecule has 0 atom stereocenters. The lowest BCUT2D eigenvalue weighted by Crippen LogP contribution is -2.29. The number of amides is 1. The van der Waals surface area contributed by atoms with Crippen molar-refractivity contribution in [2.45, 2.75) is 13.8 Å². The summed E-state index contributed by atoms with van der Waals surface area (Å²) in [6.07, 6.45) is 1.73. The Labute approximate surface area is 132 Å². The van der Waals surface area contributed by atoms with E-state index in [1.54, 1.807) is 18.3 Å². The first-order valence-corrected chi connectivity index (χ1v) is 7.43. The van der Waals surface area contributed by atoms with Crippen LogP contribution >= 0.6 is 15.9 Å². The number of carbonyl (C=O) groups excluding carboxylic acids is 1. The molecule has 0 aliphatic rings. The highest BCUT2D eigenvalue weighted by Crippen LogP contribution is 2.11. The van der Waals surface area contributed by atoms with E-state index in [1.807, 2.05) is 26.0 Å². The quantitative estimate of drug-likeness (QED) is 0.815. The second-order valence-electron chi connectivity index (χ2n) is 4.64. The van der Waals surface area contributed by atoms with E-state index >= 15 is 0 Å². The van der Waals surface area contributed by atoms with Crippen molar-refractivity contribution in [1.29, 1.82) is 0 Å². The van der Waals surface area contributed by atoms with Crippen LogP contribution < -0.4 is 10.6 Å². The van der Waals surface area contributed by atoms with Gasteiger partial charge in [-0.2, -0.15) is 0 Å². The zero-order valence-electron chi connectivity index (χ0n) is 12.0. The largest absolute Gasteiger partial charge is 0.367 e. The maximum atomic E-state index is 11.9. The van der Waals surface area contributed by atoms with Crippen LogP contribution in [0.3, 0.4) is 0 Å². The molecule has 1 aromatic carbocycles. The summed E-state index contributed by atoms with van der Waals surface area (Å²) < 4.78 is 0.888. The lowest BCUT2D eigenvalue weighted by atomic mass is 10.2. The minimum atomic E-state index is -0.0925. The molecule has 0 aliphatic heterocycles. The van der Waals surface area contributed by atoms with Crippen molar-refractivity contribution in [3.8, 4) is 0 Å². The SMILES string of the molecule is Cc1cnc(C)c(NCCNC(=O)c2cccc(Br)c2)n1. The second kappa shape index (κ2) is 7.17. The van der Waals surface area contributed by atoms with E-state index in [-0.39, 0.29) is 5.91 Å². The Balaban J connectivity index is 1.82. The summed E-state index contributed by atoms with van der Waals surface area (Å²) in [4.78, 5) is 20.5. The second-order valence-corrected chi connectivity index (χ2v) is 5.55. The predicted molar refractivity (Wildman–Crippen MR) is 86.5 cm³/mol. The fourth-order valence-corrected chi connectivity index (χ4v) is 2.19. The average Bonchev–Trinajstić information content (AvgIpc) is 2.46. The monoisotopic (exact) mass is 348 g/mol. The summed E-state index contributed by atoms with van der Waals surface area (Å²) in [7, 11) is 0. The first-order valence-electron chi connectivity index (χ1n) is 6.64. The minimum Gasteiger partial charge on any atom is -0.367 e. The van der Waals surface area contributed by atoms with Gasteiger partial charge in [-0.25, -0.2) is 4.98 Å². The molecule has 2 N–H and O–H groups in total. The van der Waals surface area contributed by atoms with Crippen LogP contribution in [-0.2, 0) is 0 Å². The molecule has 1 heterocycles. The number of aromatic nitrogens is 2. The summed E-state index contributed by atoms with van der Waals surface area (Å²) in [5, 5.41) is 6.03. The number of nitrogens with one attached hydrogen (secondary N) is 2. The molecule has 2 aromatic rings. The van der Waals surface area contributed by atoms with Gasteiger partial charge in [0.25, 0.3) is 5.91 Å². The van der Waals surface area contributed by atoms with Crippen molar-refractivity contribution in [1.82, 2.24) is 15.3 Å². The average molecular weight is 349 g/mol. The van der Waals surface area contributed by atoms with Crippen LogP contribution in [0.15, 0.2) is 34.9 Å². The van der Waals surface area contributed by atoms with Crippen LogP contribution in [0, 0.1) is 13.8 Å². The van der Waals surface area contributed by atoms with Gasteiger partial charge in [-0.1, -0.05) is 22.0 Å². The third-order valence-corrected chi connectivity index (χ3v) is 3.36. The van der Waals surface area contributed by atoms with E-state index in [2.05, 4.69) is 36.5 Å². The van der Waals surface area contributed by atoms with Crippen LogP contribution in [0.1, 0.15) is 21.7 Å². The summed E-state index contributed by atoms with van der Waals surface area (Å²) >= 11 is 3.35. The molecule has 0 radical (unpaired) electrons. The molecule has 2 rings (SSSR count). The number of hydrogen-bond donors (Lipinski definition) is 2. The third-order valence-electron chi connectivity index (χ3n) is 2.87. The lowest BCUT2D eigenvalue weighted by molar-refractivity contribution is 0.0955. The molecule has 21 heavy (non-hydrogen) atoms. The standard InChI is InChI=1S/C15H17BrN4O/c1-10-9-19-11(2)14(20-10)17-6-7-18-15(21)12-4-3-5-13(16)8-12/h3-5,8-9H,6-7H2,1-2H3,(H,17,20)(H,18,21). The molecule has 1 aromatic heterocycles. The number of anilines is 1. The maximum Gasteiger partial charge on any atom is 0.251 e. The van der Waals surface area contributed by atoms with Gasteiger partial charge in [-0.3, -0.25) is 9.78 Å². The first-order chi connectivity index (χ1) is 10.1. The molecular formula is C15H17BrN4O. The van der Waals surface area contributed by atoms with E-state index in [9.17, 15) is 4.79 Å². The Hall–Kier alpha value is -1.95. The Kier molecular flexibility index (Phi) is 5.27. The van der Waals surface area contributed by atoms with Gasteiger partial charge < -0.3 is 10.6 Å². The Morgan fingerprint density at radius 2 is 2.10 bits per heavy atom. The van der Waals surface area contributed by atoms with Gasteiger partial charge in [0.1, 0.15) is 5.82 Å². The topological polar surface area (TPSA) is 66.9 Å². The Bertz CT molecular complexity index is 645. The Morgan fingerprint density at radius 3 is 2.86 bits per heavy atom. The molecule has 6 heteroatoms. The third kappa shape index (κ3) is 4.53. The van der Waals surface area contributed by atoms with Gasteiger partial charge >= 0.3 is 0 Å². The van der Waals surface area contributed by atoms with E-state index < -0.39 is 0 Å². The predicted octanol–water partition coefficient (Wildman–Crippen LogP) is 2.70. The van der Waals surface area contributed by atoms with Gasteiger partial charge in [0.2, 0.25) is 0 Å². The normalized spacial score (nSPS) is 10.2. The fourth-order valence-electron chi connectivity index (χ4n) is 1.79. The van der Waals surface area contributed by atoms with Crippen molar-refractivity contribution in [3.05, 3.63) is 51.9 Å². The molecule has 0 bridgehead atoms. The van der Waals surface area contributed by atoms with Crippen LogP contribution in [0.5, 0.6) is 0 Å². The fraction of sp³-hybridized carbons (Fsp3) is 0.267. The van der Waals surface area contributed by atoms with E-state index in [0.29, 0.717) is 18.7 Å². The molecule has 0 saturated carbocycles. The van der Waals surface area contributed by atoms with Crippen molar-refractivity contribution in [3.63, 3.8) is 0 Å². The zero-order chi connectivity index (χ0) is 15.2. The summed E-state index contributed by atoms with van der Waals surface area (Å²) in [5.74, 6) is 0.664. The molecular weight excluding hydrogens is 332 g/mol. The molecule has 5 nitrogen and oxygen atoms in total. The van der Waals surface area contributed by atoms with Crippen molar-refractivity contribution < 1.29 is 4.79 Å². The van der Waals surface area contributed by atoms with Crippen LogP contribution in [-0.4, -0.2) is 29.0 Å². The number of hydrogen-bond acceptors (Lipinski definition) is 4. The number of benzene rings is 1. The number of carbonyl (C=O) groups is 1. The van der Waals surface area contributed by atoms with Crippen LogP contribution in [0.4, 0.5) is 5.82 Å². The van der Waals surface area contributed by atoms with Crippen LogP contribution in [0.2, 0.25) is 0 Å². The minimum absolute atomic E-state index is 0.0925. The highest BCUT2D eigenvalue weighted by atomic mass is 79.9. The van der Waals surface area contributed by atoms with E-state index in [0.717, 1.165) is 21.7 Å². The number of aryl methyl sites for hydroxylation is 2. The van der Waals surface area contributed by atoms with Gasteiger partial charge in [0.05, 0.1) is 11.4 Å². The van der Waals surface area contributed by atoms with Crippen LogP contribution in [0.25, 0.3) is 0 Å². The van der Waals surface area contributed by atoms with Gasteiger partial charge in [-0.05, 0) is 32.0 Å². The molecule has 110 valence electrons. The number of nitrogens with zero attached hydrogens (tertiary/aromatic N) is 2. The molecule has 0 spiro atoms. The van der Waals surface area contributed by atoms with Gasteiger partial charge in [0, 0.05) is 29.3 Å². The lowest BCUT2D eigenvalue weighted by Gasteiger charge is -2.09. The van der Waals surface area contributed by atoms with Crippen molar-refractivity contribution >= 4 is 27.7 Å². The van der Waals surface area contributed by atoms with Gasteiger partial charge in [-0.15, -0.1) is 0 Å². The highest BCUT2D eigenvalue weighted by Gasteiger charge is 2.05. The smallest absolute Gasteiger partial charge is 0.251 e. The van der Waals surface area contributed by atoms with E-state index in [1.165, 1.54) is 0 Å². The summed E-state index contributed by atoms with van der Waals surface area (Å²) in [6, 6.07) is 7.29. The zero-order valence-corrected chi connectivity index (χ0v) is 13.6. The first kappa shape index (κ1) is 15.4. The number of rotatable bonds is 5.